The van der Waals surface area contributed by atoms with Crippen LogP contribution in [-0.4, -0.2) is 50.7 Å². The molecule has 1 aliphatic heterocycles. The fourth-order valence-electron chi connectivity index (χ4n) is 2.77. The number of thioether (sulfide) groups is 1. The van der Waals surface area contributed by atoms with Gasteiger partial charge in [-0.15, -0.1) is 24.0 Å². The number of unbranched alkanes of at least 4 members (excludes halogenated alkanes) is 1. The van der Waals surface area contributed by atoms with Gasteiger partial charge in [0.05, 0.1) is 5.69 Å². The van der Waals surface area contributed by atoms with Crippen LogP contribution in [0, 0.1) is 0 Å². The smallest absolute Gasteiger partial charge is 0.191 e. The van der Waals surface area contributed by atoms with Crippen LogP contribution in [0.2, 0.25) is 0 Å². The number of rotatable bonds is 7. The second-order valence-corrected chi connectivity index (χ2v) is 7.57. The number of nitrogens with one attached hydrogen (secondary N) is 2. The SMILES string of the molecule is CN=C(NCCCCSC)NC1CCN(c2ccccc2Br)C1.I. The molecule has 7 heteroatoms. The van der Waals surface area contributed by atoms with E-state index in [4.69, 9.17) is 0 Å². The van der Waals surface area contributed by atoms with Crippen molar-refractivity contribution in [3.63, 3.8) is 0 Å². The molecule has 24 heavy (non-hydrogen) atoms. The van der Waals surface area contributed by atoms with E-state index in [1.807, 2.05) is 18.8 Å². The number of para-hydroxylation sites is 1. The van der Waals surface area contributed by atoms with Crippen LogP contribution in [0.4, 0.5) is 5.69 Å². The quantitative estimate of drug-likeness (QED) is 0.244. The third kappa shape index (κ3) is 7.00. The van der Waals surface area contributed by atoms with Crippen molar-refractivity contribution in [2.45, 2.75) is 25.3 Å². The summed E-state index contributed by atoms with van der Waals surface area (Å²) in [5.41, 5.74) is 1.27. The van der Waals surface area contributed by atoms with Crippen molar-refractivity contribution in [3.05, 3.63) is 28.7 Å². The minimum absolute atomic E-state index is 0. The molecule has 0 amide bonds. The van der Waals surface area contributed by atoms with Crippen molar-refractivity contribution >= 4 is 63.3 Å². The van der Waals surface area contributed by atoms with Gasteiger partial charge in [0.2, 0.25) is 0 Å². The molecule has 136 valence electrons. The van der Waals surface area contributed by atoms with Gasteiger partial charge < -0.3 is 15.5 Å². The first-order chi connectivity index (χ1) is 11.2. The molecule has 1 saturated heterocycles. The Morgan fingerprint density at radius 1 is 1.38 bits per heavy atom. The summed E-state index contributed by atoms with van der Waals surface area (Å²) in [7, 11) is 1.84. The van der Waals surface area contributed by atoms with Crippen molar-refractivity contribution in [2.75, 3.05) is 43.6 Å². The van der Waals surface area contributed by atoms with E-state index in [1.54, 1.807) is 0 Å². The zero-order valence-electron chi connectivity index (χ0n) is 14.4. The highest BCUT2D eigenvalue weighted by atomic mass is 127. The number of hydrogen-bond donors (Lipinski definition) is 2. The molecule has 0 aromatic heterocycles. The summed E-state index contributed by atoms with van der Waals surface area (Å²) in [6.07, 6.45) is 5.74. The van der Waals surface area contributed by atoms with Gasteiger partial charge in [-0.1, -0.05) is 12.1 Å². The molecule has 2 rings (SSSR count). The molecule has 1 aliphatic rings. The monoisotopic (exact) mass is 526 g/mol. The zero-order valence-corrected chi connectivity index (χ0v) is 19.2. The zero-order chi connectivity index (χ0) is 16.5. The summed E-state index contributed by atoms with van der Waals surface area (Å²) in [5, 5.41) is 6.98. The van der Waals surface area contributed by atoms with E-state index in [1.165, 1.54) is 24.3 Å². The molecule has 0 radical (unpaired) electrons. The molecule has 0 bridgehead atoms. The van der Waals surface area contributed by atoms with E-state index in [0.29, 0.717) is 6.04 Å². The molecule has 1 aromatic carbocycles. The number of benzene rings is 1. The summed E-state index contributed by atoms with van der Waals surface area (Å²) in [6.45, 7) is 3.07. The lowest BCUT2D eigenvalue weighted by Crippen LogP contribution is -2.44. The number of halogens is 2. The molecule has 1 unspecified atom stereocenters. The maximum Gasteiger partial charge on any atom is 0.191 e. The van der Waals surface area contributed by atoms with Crippen LogP contribution >= 0.6 is 51.7 Å². The van der Waals surface area contributed by atoms with Crippen LogP contribution in [0.1, 0.15) is 19.3 Å². The minimum Gasteiger partial charge on any atom is -0.368 e. The lowest BCUT2D eigenvalue weighted by atomic mass is 10.2. The molecule has 0 aliphatic carbocycles. The second kappa shape index (κ2) is 12.2. The molecule has 4 nitrogen and oxygen atoms in total. The van der Waals surface area contributed by atoms with E-state index >= 15 is 0 Å². The maximum atomic E-state index is 4.35. The summed E-state index contributed by atoms with van der Waals surface area (Å²) in [5.74, 6) is 2.16. The van der Waals surface area contributed by atoms with Crippen LogP contribution in [0.25, 0.3) is 0 Å². The summed E-state index contributed by atoms with van der Waals surface area (Å²) in [4.78, 5) is 6.77. The molecule has 1 fully saturated rings. The predicted octanol–water partition coefficient (Wildman–Crippen LogP) is 3.95. The Hall–Kier alpha value is -0.150. The standard InChI is InChI=1S/C17H27BrN4S.HI/c1-19-17(20-10-5-6-12-23-2)21-14-9-11-22(13-14)16-8-4-3-7-15(16)18;/h3-4,7-8,14H,5-6,9-13H2,1-2H3,(H2,19,20,21);1H. The highest BCUT2D eigenvalue weighted by molar-refractivity contribution is 14.0. The Labute approximate surface area is 175 Å². The molecule has 2 N–H and O–H groups in total. The minimum atomic E-state index is 0. The van der Waals surface area contributed by atoms with Gasteiger partial charge in [0.25, 0.3) is 0 Å². The predicted molar refractivity (Wildman–Crippen MR) is 122 cm³/mol. The molecule has 0 saturated carbocycles. The lowest BCUT2D eigenvalue weighted by Gasteiger charge is -2.21. The Balaban J connectivity index is 0.00000288. The highest BCUT2D eigenvalue weighted by Crippen LogP contribution is 2.28. The third-order valence-electron chi connectivity index (χ3n) is 4.01. The Morgan fingerprint density at radius 2 is 2.17 bits per heavy atom. The maximum absolute atomic E-state index is 4.35. The Bertz CT molecular complexity index is 515. The Kier molecular flexibility index (Phi) is 11.2. The van der Waals surface area contributed by atoms with Crippen LogP contribution in [-0.2, 0) is 0 Å². The third-order valence-corrected chi connectivity index (χ3v) is 5.38. The number of aliphatic imine (C=N–C) groups is 1. The van der Waals surface area contributed by atoms with E-state index in [9.17, 15) is 0 Å². The van der Waals surface area contributed by atoms with Gasteiger partial charge in [-0.2, -0.15) is 11.8 Å². The summed E-state index contributed by atoms with van der Waals surface area (Å²) >= 11 is 5.55. The number of nitrogens with zero attached hydrogens (tertiary/aromatic N) is 2. The first-order valence-corrected chi connectivity index (χ1v) is 10.4. The van der Waals surface area contributed by atoms with Gasteiger partial charge in [0, 0.05) is 37.2 Å². The van der Waals surface area contributed by atoms with Crippen molar-refractivity contribution in [1.29, 1.82) is 0 Å². The van der Waals surface area contributed by atoms with Gasteiger partial charge in [-0.05, 0) is 59.3 Å². The first kappa shape index (κ1) is 21.9. The topological polar surface area (TPSA) is 39.7 Å². The fourth-order valence-corrected chi connectivity index (χ4v) is 3.80. The lowest BCUT2D eigenvalue weighted by molar-refractivity contribution is 0.642. The van der Waals surface area contributed by atoms with Crippen LogP contribution in [0.15, 0.2) is 33.7 Å². The van der Waals surface area contributed by atoms with E-state index in [-0.39, 0.29) is 24.0 Å². The largest absolute Gasteiger partial charge is 0.368 e. The van der Waals surface area contributed by atoms with Gasteiger partial charge >= 0.3 is 0 Å². The first-order valence-electron chi connectivity index (χ1n) is 8.20. The molecule has 1 heterocycles. The number of hydrogen-bond acceptors (Lipinski definition) is 3. The highest BCUT2D eigenvalue weighted by Gasteiger charge is 2.24. The normalized spacial score (nSPS) is 17.5. The van der Waals surface area contributed by atoms with Crippen molar-refractivity contribution < 1.29 is 0 Å². The van der Waals surface area contributed by atoms with Crippen LogP contribution < -0.4 is 15.5 Å². The van der Waals surface area contributed by atoms with E-state index < -0.39 is 0 Å². The number of anilines is 1. The summed E-state index contributed by atoms with van der Waals surface area (Å²) < 4.78 is 1.16. The Morgan fingerprint density at radius 3 is 2.88 bits per heavy atom. The average Bonchev–Trinajstić information content (AvgIpc) is 3.02. The van der Waals surface area contributed by atoms with Gasteiger partial charge in [0.15, 0.2) is 5.96 Å². The molecular formula is C17H28BrIN4S. The van der Waals surface area contributed by atoms with Crippen molar-refractivity contribution in [2.24, 2.45) is 4.99 Å². The van der Waals surface area contributed by atoms with Gasteiger partial charge in [-0.3, -0.25) is 4.99 Å². The van der Waals surface area contributed by atoms with Gasteiger partial charge in [0.1, 0.15) is 0 Å². The fraction of sp³-hybridized carbons (Fsp3) is 0.588. The van der Waals surface area contributed by atoms with E-state index in [2.05, 4.69) is 67.0 Å². The van der Waals surface area contributed by atoms with Crippen molar-refractivity contribution in [1.82, 2.24) is 10.6 Å². The van der Waals surface area contributed by atoms with Crippen LogP contribution in [0.5, 0.6) is 0 Å². The summed E-state index contributed by atoms with van der Waals surface area (Å²) in [6, 6.07) is 8.87. The second-order valence-electron chi connectivity index (χ2n) is 5.73. The molecule has 0 spiro atoms. The van der Waals surface area contributed by atoms with Gasteiger partial charge in [-0.25, -0.2) is 0 Å². The molecule has 1 atom stereocenters. The van der Waals surface area contributed by atoms with Crippen LogP contribution in [0.3, 0.4) is 0 Å². The number of guanidine groups is 1. The molecule has 1 aromatic rings. The molecular weight excluding hydrogens is 499 g/mol. The van der Waals surface area contributed by atoms with Crippen molar-refractivity contribution in [3.8, 4) is 0 Å². The average molecular weight is 527 g/mol. The van der Waals surface area contributed by atoms with E-state index in [0.717, 1.165) is 36.5 Å².